The number of halogens is 2. The lowest BCUT2D eigenvalue weighted by Gasteiger charge is -2.10. The van der Waals surface area contributed by atoms with Gasteiger partial charge in [-0.15, -0.1) is 0 Å². The molecule has 150 valence electrons. The lowest BCUT2D eigenvalue weighted by molar-refractivity contribution is 0.0966. The second-order valence-corrected chi connectivity index (χ2v) is 6.47. The normalized spacial score (nSPS) is 12.7. The van der Waals surface area contributed by atoms with E-state index in [-0.39, 0.29) is 35.2 Å². The largest absolute Gasteiger partial charge is 0.346 e. The van der Waals surface area contributed by atoms with E-state index in [0.29, 0.717) is 17.9 Å². The average molecular weight is 399 g/mol. The predicted octanol–water partition coefficient (Wildman–Crippen LogP) is 2.21. The Balaban J connectivity index is 1.70. The zero-order valence-electron chi connectivity index (χ0n) is 15.7. The first-order valence-electron chi connectivity index (χ1n) is 9.20. The molecule has 3 heterocycles. The molecule has 1 aliphatic rings. The van der Waals surface area contributed by atoms with Crippen LogP contribution in [0.15, 0.2) is 30.6 Å². The van der Waals surface area contributed by atoms with Crippen LogP contribution in [0.1, 0.15) is 23.0 Å². The summed E-state index contributed by atoms with van der Waals surface area (Å²) in [4.78, 5) is 20.7. The summed E-state index contributed by atoms with van der Waals surface area (Å²) < 4.78 is 30.2. The number of fused-ring (bicyclic) bond motifs is 1. The third kappa shape index (κ3) is 3.79. The molecule has 0 radical (unpaired) electrons. The molecule has 3 aromatic rings. The molecule has 1 amide bonds. The number of amides is 1. The minimum Gasteiger partial charge on any atom is -0.346 e. The van der Waals surface area contributed by atoms with Gasteiger partial charge in [-0.2, -0.15) is 5.10 Å². The van der Waals surface area contributed by atoms with Crippen molar-refractivity contribution in [3.8, 4) is 11.4 Å². The van der Waals surface area contributed by atoms with Crippen LogP contribution in [-0.4, -0.2) is 38.7 Å². The third-order valence-electron chi connectivity index (χ3n) is 4.48. The van der Waals surface area contributed by atoms with Gasteiger partial charge in [-0.3, -0.25) is 9.48 Å². The minimum atomic E-state index is -0.774. The molecule has 0 saturated heterocycles. The smallest absolute Gasteiger partial charge is 0.257 e. The van der Waals surface area contributed by atoms with Crippen molar-refractivity contribution in [1.29, 1.82) is 0 Å². The number of nitrogens with one attached hydrogen (secondary N) is 3. The molecule has 0 unspecified atom stereocenters. The molecule has 0 aliphatic carbocycles. The minimum absolute atomic E-state index is 0.127. The van der Waals surface area contributed by atoms with E-state index in [9.17, 15) is 13.6 Å². The summed E-state index contributed by atoms with van der Waals surface area (Å²) in [5.41, 5.74) is 0.900. The molecule has 8 nitrogen and oxygen atoms in total. The van der Waals surface area contributed by atoms with E-state index in [2.05, 4.69) is 31.0 Å². The maximum Gasteiger partial charge on any atom is 0.257 e. The van der Waals surface area contributed by atoms with Gasteiger partial charge in [0.05, 0.1) is 36.2 Å². The Labute approximate surface area is 165 Å². The monoisotopic (exact) mass is 399 g/mol. The van der Waals surface area contributed by atoms with E-state index < -0.39 is 11.6 Å². The molecule has 2 aromatic heterocycles. The van der Waals surface area contributed by atoms with E-state index >= 15 is 0 Å². The van der Waals surface area contributed by atoms with Crippen LogP contribution in [0.4, 0.5) is 20.3 Å². The second-order valence-electron chi connectivity index (χ2n) is 6.47. The Bertz CT molecular complexity index is 1050. The second kappa shape index (κ2) is 7.92. The maximum atomic E-state index is 14.2. The summed E-state index contributed by atoms with van der Waals surface area (Å²) in [6.45, 7) is 4.48. The first-order chi connectivity index (χ1) is 14.1. The highest BCUT2D eigenvalue weighted by Crippen LogP contribution is 2.30. The number of carbonyl (C=O) groups excluding carboxylic acids is 1. The highest BCUT2D eigenvalue weighted by molar-refractivity contribution is 6.03. The van der Waals surface area contributed by atoms with Crippen LogP contribution in [0.2, 0.25) is 0 Å². The molecule has 0 bridgehead atoms. The molecule has 3 N–H and O–H groups in total. The summed E-state index contributed by atoms with van der Waals surface area (Å²) >= 11 is 0. The number of aromatic nitrogens is 4. The van der Waals surface area contributed by atoms with Gasteiger partial charge in [0.2, 0.25) is 0 Å². The molecule has 29 heavy (non-hydrogen) atoms. The van der Waals surface area contributed by atoms with Crippen molar-refractivity contribution in [1.82, 2.24) is 30.4 Å². The van der Waals surface area contributed by atoms with Gasteiger partial charge < -0.3 is 16.0 Å². The molecular weight excluding hydrogens is 380 g/mol. The molecule has 0 spiro atoms. The fraction of sp³-hybridized carbons (Fsp3) is 0.263. The lowest BCUT2D eigenvalue weighted by Crippen LogP contribution is -2.19. The van der Waals surface area contributed by atoms with Crippen molar-refractivity contribution in [3.05, 3.63) is 53.5 Å². The van der Waals surface area contributed by atoms with Gasteiger partial charge in [-0.05, 0) is 18.7 Å². The van der Waals surface area contributed by atoms with Crippen LogP contribution in [0.3, 0.4) is 0 Å². The van der Waals surface area contributed by atoms with Crippen LogP contribution in [0.5, 0.6) is 0 Å². The number of benzene rings is 1. The number of anilines is 2. The van der Waals surface area contributed by atoms with Crippen molar-refractivity contribution in [2.45, 2.75) is 20.0 Å². The van der Waals surface area contributed by atoms with Gasteiger partial charge in [-0.25, -0.2) is 18.7 Å². The zero-order valence-corrected chi connectivity index (χ0v) is 15.7. The van der Waals surface area contributed by atoms with Crippen molar-refractivity contribution < 1.29 is 13.6 Å². The molecule has 10 heteroatoms. The highest BCUT2D eigenvalue weighted by Gasteiger charge is 2.28. The summed E-state index contributed by atoms with van der Waals surface area (Å²) in [6.07, 6.45) is 3.36. The Hall–Kier alpha value is -3.40. The number of hydrogen-bond acceptors (Lipinski definition) is 6. The summed E-state index contributed by atoms with van der Waals surface area (Å²) in [5, 5.41) is 13.2. The van der Waals surface area contributed by atoms with Gasteiger partial charge in [0, 0.05) is 12.7 Å². The summed E-state index contributed by atoms with van der Waals surface area (Å²) in [6, 6.07) is 3.55. The van der Waals surface area contributed by atoms with E-state index in [1.165, 1.54) is 6.07 Å². The van der Waals surface area contributed by atoms with Gasteiger partial charge in [-0.1, -0.05) is 13.0 Å². The van der Waals surface area contributed by atoms with Crippen LogP contribution >= 0.6 is 0 Å². The Morgan fingerprint density at radius 1 is 1.21 bits per heavy atom. The number of rotatable bonds is 7. The molecule has 0 fully saturated rings. The first-order valence-corrected chi connectivity index (χ1v) is 9.20. The first kappa shape index (κ1) is 18.9. The number of carbonyl (C=O) groups is 1. The molecule has 0 saturated carbocycles. The van der Waals surface area contributed by atoms with Crippen molar-refractivity contribution >= 4 is 17.4 Å². The standard InChI is InChI=1S/C19H19F2N7O/c1-2-22-6-7-28-10-11(8-24-28)25-18-16-14(9-23-19(16)29)26-17(27-18)15-12(20)4-3-5-13(15)21/h3-5,8,10,22H,2,6-7,9H2,1H3,(H,23,29)(H,25,26,27). The lowest BCUT2D eigenvalue weighted by atomic mass is 10.1. The Morgan fingerprint density at radius 2 is 2.00 bits per heavy atom. The molecule has 0 atom stereocenters. The van der Waals surface area contributed by atoms with Crippen LogP contribution in [0.25, 0.3) is 11.4 Å². The van der Waals surface area contributed by atoms with E-state index in [1.807, 2.05) is 6.92 Å². The zero-order chi connectivity index (χ0) is 20.4. The van der Waals surface area contributed by atoms with Crippen molar-refractivity contribution in [2.24, 2.45) is 0 Å². The van der Waals surface area contributed by atoms with Gasteiger partial charge >= 0.3 is 0 Å². The fourth-order valence-electron chi connectivity index (χ4n) is 3.10. The van der Waals surface area contributed by atoms with Gasteiger partial charge in [0.25, 0.3) is 5.91 Å². The van der Waals surface area contributed by atoms with E-state index in [0.717, 1.165) is 25.2 Å². The SMILES string of the molecule is CCNCCn1cc(Nc2nc(-c3c(F)cccc3F)nc3c2C(=O)NC3)cn1. The van der Waals surface area contributed by atoms with Gasteiger partial charge in [0.1, 0.15) is 23.0 Å². The van der Waals surface area contributed by atoms with E-state index in [1.54, 1.807) is 17.1 Å². The topological polar surface area (TPSA) is 96.8 Å². The van der Waals surface area contributed by atoms with Crippen molar-refractivity contribution in [2.75, 3.05) is 18.4 Å². The summed E-state index contributed by atoms with van der Waals surface area (Å²) in [5.74, 6) is -1.84. The Morgan fingerprint density at radius 3 is 2.76 bits per heavy atom. The van der Waals surface area contributed by atoms with Crippen LogP contribution < -0.4 is 16.0 Å². The van der Waals surface area contributed by atoms with Crippen molar-refractivity contribution in [3.63, 3.8) is 0 Å². The molecule has 1 aliphatic heterocycles. The molecule has 1 aromatic carbocycles. The van der Waals surface area contributed by atoms with E-state index in [4.69, 9.17) is 0 Å². The number of hydrogen-bond donors (Lipinski definition) is 3. The Kier molecular flexibility index (Phi) is 5.17. The van der Waals surface area contributed by atoms with Gasteiger partial charge in [0.15, 0.2) is 5.82 Å². The fourth-order valence-corrected chi connectivity index (χ4v) is 3.10. The predicted molar refractivity (Wildman–Crippen MR) is 103 cm³/mol. The number of likely N-dealkylation sites (N-methyl/N-ethyl adjacent to an activating group) is 1. The van der Waals surface area contributed by atoms with Crippen LogP contribution in [-0.2, 0) is 13.1 Å². The highest BCUT2D eigenvalue weighted by atomic mass is 19.1. The summed E-state index contributed by atoms with van der Waals surface area (Å²) in [7, 11) is 0. The molecular formula is C19H19F2N7O. The third-order valence-corrected chi connectivity index (χ3v) is 4.48. The maximum absolute atomic E-state index is 14.2. The molecule has 4 rings (SSSR count). The van der Waals surface area contributed by atoms with Crippen LogP contribution in [0, 0.1) is 11.6 Å². The quantitative estimate of drug-likeness (QED) is 0.527. The number of nitrogens with zero attached hydrogens (tertiary/aromatic N) is 4. The average Bonchev–Trinajstić information content (AvgIpc) is 3.29.